The van der Waals surface area contributed by atoms with Gasteiger partial charge in [-0.25, -0.2) is 4.98 Å². The number of benzene rings is 1. The van der Waals surface area contributed by atoms with Crippen LogP contribution in [-0.4, -0.2) is 48.1 Å². The third kappa shape index (κ3) is 2.47. The molecule has 1 atom stereocenters. The van der Waals surface area contributed by atoms with E-state index in [9.17, 15) is 4.79 Å². The van der Waals surface area contributed by atoms with Crippen LogP contribution >= 0.6 is 11.3 Å². The number of anilines is 1. The quantitative estimate of drug-likeness (QED) is 0.848. The molecule has 2 aromatic rings. The molecule has 0 saturated carbocycles. The number of nitrogen functional groups attached to an aromatic ring is 1. The minimum Gasteiger partial charge on any atom is -0.375 e. The molecule has 106 valence electrons. The summed E-state index contributed by atoms with van der Waals surface area (Å²) in [7, 11) is 0. The van der Waals surface area contributed by atoms with Crippen LogP contribution in [0.5, 0.6) is 0 Å². The first-order chi connectivity index (χ1) is 9.67. The summed E-state index contributed by atoms with van der Waals surface area (Å²) >= 11 is 1.42. The second kappa shape index (κ2) is 5.35. The average Bonchev–Trinajstić information content (AvgIpc) is 2.85. The molecule has 1 amide bonds. The third-order valence-electron chi connectivity index (χ3n) is 3.34. The molecule has 1 aliphatic heterocycles. The Morgan fingerprint density at radius 2 is 2.40 bits per heavy atom. The summed E-state index contributed by atoms with van der Waals surface area (Å²) in [5, 5.41) is 0.513. The van der Waals surface area contributed by atoms with E-state index < -0.39 is 0 Å². The molecule has 1 fully saturated rings. The van der Waals surface area contributed by atoms with Gasteiger partial charge in [0.05, 0.1) is 22.9 Å². The summed E-state index contributed by atoms with van der Waals surface area (Å²) in [6.45, 7) is 2.07. The monoisotopic (exact) mass is 292 g/mol. The third-order valence-corrected chi connectivity index (χ3v) is 4.21. The van der Waals surface area contributed by atoms with Crippen molar-refractivity contribution in [2.75, 3.05) is 32.0 Å². The Balaban J connectivity index is 1.84. The zero-order chi connectivity index (χ0) is 14.1. The number of morpholine rings is 1. The Morgan fingerprint density at radius 1 is 1.55 bits per heavy atom. The zero-order valence-electron chi connectivity index (χ0n) is 10.9. The van der Waals surface area contributed by atoms with E-state index in [0.717, 1.165) is 10.2 Å². The van der Waals surface area contributed by atoms with Crippen molar-refractivity contribution in [1.82, 2.24) is 9.88 Å². The highest BCUT2D eigenvalue weighted by atomic mass is 32.1. The standard InChI is InChI=1S/C13H16N4O2S/c14-6-9-7-17(3-4-19-9)12(18)8-1-2-11-10(5-8)16-13(15)20-11/h1-2,5,9H,3-4,6-7,14H2,(H2,15,16)/t9-/m0/s1. The van der Waals surface area contributed by atoms with E-state index in [1.54, 1.807) is 11.0 Å². The highest BCUT2D eigenvalue weighted by molar-refractivity contribution is 7.22. The molecule has 4 N–H and O–H groups in total. The van der Waals surface area contributed by atoms with Gasteiger partial charge in [0, 0.05) is 25.2 Å². The van der Waals surface area contributed by atoms with E-state index in [1.807, 2.05) is 12.1 Å². The number of nitrogens with two attached hydrogens (primary N) is 2. The molecule has 0 unspecified atom stereocenters. The fourth-order valence-electron chi connectivity index (χ4n) is 2.31. The van der Waals surface area contributed by atoms with Crippen molar-refractivity contribution in [1.29, 1.82) is 0 Å². The van der Waals surface area contributed by atoms with E-state index in [-0.39, 0.29) is 12.0 Å². The van der Waals surface area contributed by atoms with Gasteiger partial charge in [-0.15, -0.1) is 0 Å². The summed E-state index contributed by atoms with van der Waals surface area (Å²) in [6.07, 6.45) is -0.0775. The topological polar surface area (TPSA) is 94.5 Å². The predicted molar refractivity (Wildman–Crippen MR) is 78.7 cm³/mol. The Morgan fingerprint density at radius 3 is 3.20 bits per heavy atom. The van der Waals surface area contributed by atoms with Crippen molar-refractivity contribution >= 4 is 32.6 Å². The van der Waals surface area contributed by atoms with Crippen LogP contribution in [0, 0.1) is 0 Å². The molecule has 7 heteroatoms. The van der Waals surface area contributed by atoms with E-state index in [1.165, 1.54) is 11.3 Å². The molecule has 0 aliphatic carbocycles. The van der Waals surface area contributed by atoms with Crippen molar-refractivity contribution in [3.05, 3.63) is 23.8 Å². The summed E-state index contributed by atoms with van der Waals surface area (Å²) in [4.78, 5) is 18.5. The second-order valence-corrected chi connectivity index (χ2v) is 5.78. The highest BCUT2D eigenvalue weighted by Gasteiger charge is 2.24. The van der Waals surface area contributed by atoms with Crippen LogP contribution in [-0.2, 0) is 4.74 Å². The van der Waals surface area contributed by atoms with Crippen LogP contribution in [0.1, 0.15) is 10.4 Å². The van der Waals surface area contributed by atoms with Crippen LogP contribution in [0.25, 0.3) is 10.2 Å². The molecule has 1 aliphatic rings. The van der Waals surface area contributed by atoms with E-state index in [4.69, 9.17) is 16.2 Å². The minimum atomic E-state index is -0.0775. The van der Waals surface area contributed by atoms with Crippen molar-refractivity contribution in [3.8, 4) is 0 Å². The van der Waals surface area contributed by atoms with Gasteiger partial charge >= 0.3 is 0 Å². The van der Waals surface area contributed by atoms with Crippen LogP contribution in [0.3, 0.4) is 0 Å². The Labute approximate surface area is 120 Å². The smallest absolute Gasteiger partial charge is 0.254 e. The van der Waals surface area contributed by atoms with Gasteiger partial charge in [-0.3, -0.25) is 4.79 Å². The molecule has 6 nitrogen and oxygen atoms in total. The summed E-state index contributed by atoms with van der Waals surface area (Å²) in [5.41, 5.74) is 12.7. The summed E-state index contributed by atoms with van der Waals surface area (Å²) in [5.74, 6) is -0.0137. The van der Waals surface area contributed by atoms with Crippen molar-refractivity contribution in [3.63, 3.8) is 0 Å². The number of hydrogen-bond donors (Lipinski definition) is 2. The van der Waals surface area contributed by atoms with Crippen LogP contribution in [0.15, 0.2) is 18.2 Å². The summed E-state index contributed by atoms with van der Waals surface area (Å²) < 4.78 is 6.46. The Bertz CT molecular complexity index is 642. The van der Waals surface area contributed by atoms with E-state index in [2.05, 4.69) is 4.98 Å². The molecule has 0 radical (unpaired) electrons. The van der Waals surface area contributed by atoms with Crippen LogP contribution < -0.4 is 11.5 Å². The van der Waals surface area contributed by atoms with Gasteiger partial charge in [0.2, 0.25) is 0 Å². The number of ether oxygens (including phenoxy) is 1. The number of aromatic nitrogens is 1. The second-order valence-electron chi connectivity index (χ2n) is 4.71. The maximum atomic E-state index is 12.5. The number of nitrogens with zero attached hydrogens (tertiary/aromatic N) is 2. The number of carbonyl (C=O) groups is 1. The average molecular weight is 292 g/mol. The summed E-state index contributed by atoms with van der Waals surface area (Å²) in [6, 6.07) is 5.49. The first-order valence-corrected chi connectivity index (χ1v) is 7.26. The SMILES string of the molecule is NC[C@H]1CN(C(=O)c2ccc3sc(N)nc3c2)CCO1. The lowest BCUT2D eigenvalue weighted by atomic mass is 10.1. The molecule has 1 saturated heterocycles. The molecule has 0 bridgehead atoms. The number of thiazole rings is 1. The van der Waals surface area contributed by atoms with Crippen molar-refractivity contribution in [2.24, 2.45) is 5.73 Å². The van der Waals surface area contributed by atoms with E-state index in [0.29, 0.717) is 36.9 Å². The number of fused-ring (bicyclic) bond motifs is 1. The number of amides is 1. The molecule has 2 heterocycles. The lowest BCUT2D eigenvalue weighted by Crippen LogP contribution is -2.48. The first-order valence-electron chi connectivity index (χ1n) is 6.44. The Hall–Kier alpha value is -1.70. The minimum absolute atomic E-state index is 0.0137. The molecular weight excluding hydrogens is 276 g/mol. The van der Waals surface area contributed by atoms with Crippen LogP contribution in [0.4, 0.5) is 5.13 Å². The van der Waals surface area contributed by atoms with E-state index >= 15 is 0 Å². The molecular formula is C13H16N4O2S. The molecule has 0 spiro atoms. The normalized spacial score (nSPS) is 19.4. The van der Waals surface area contributed by atoms with Crippen molar-refractivity contribution < 1.29 is 9.53 Å². The van der Waals surface area contributed by atoms with Gasteiger partial charge in [0.15, 0.2) is 5.13 Å². The van der Waals surface area contributed by atoms with Gasteiger partial charge in [0.1, 0.15) is 0 Å². The van der Waals surface area contributed by atoms with Gasteiger partial charge < -0.3 is 21.1 Å². The van der Waals surface area contributed by atoms with Gasteiger partial charge in [-0.05, 0) is 18.2 Å². The number of rotatable bonds is 2. The lowest BCUT2D eigenvalue weighted by Gasteiger charge is -2.32. The van der Waals surface area contributed by atoms with Gasteiger partial charge in [-0.1, -0.05) is 11.3 Å². The molecule has 3 rings (SSSR count). The highest BCUT2D eigenvalue weighted by Crippen LogP contribution is 2.25. The molecule has 1 aromatic carbocycles. The Kier molecular flexibility index (Phi) is 3.56. The maximum absolute atomic E-state index is 12.5. The van der Waals surface area contributed by atoms with Crippen LogP contribution in [0.2, 0.25) is 0 Å². The molecule has 20 heavy (non-hydrogen) atoms. The fourth-order valence-corrected chi connectivity index (χ4v) is 3.02. The van der Waals surface area contributed by atoms with Gasteiger partial charge in [0.25, 0.3) is 5.91 Å². The predicted octanol–water partition coefficient (Wildman–Crippen LogP) is 0.678. The first kappa shape index (κ1) is 13.3. The largest absolute Gasteiger partial charge is 0.375 e. The lowest BCUT2D eigenvalue weighted by molar-refractivity contribution is -0.0167. The number of hydrogen-bond acceptors (Lipinski definition) is 6. The zero-order valence-corrected chi connectivity index (χ0v) is 11.7. The maximum Gasteiger partial charge on any atom is 0.254 e. The number of carbonyl (C=O) groups excluding carboxylic acids is 1. The fraction of sp³-hybridized carbons (Fsp3) is 0.385. The molecule has 1 aromatic heterocycles. The van der Waals surface area contributed by atoms with Crippen molar-refractivity contribution in [2.45, 2.75) is 6.10 Å². The van der Waals surface area contributed by atoms with Gasteiger partial charge in [-0.2, -0.15) is 0 Å².